The third-order valence-electron chi connectivity index (χ3n) is 4.06. The molecule has 0 saturated carbocycles. The van der Waals surface area contributed by atoms with E-state index in [4.69, 9.17) is 9.47 Å². The molecule has 1 atom stereocenters. The van der Waals surface area contributed by atoms with Gasteiger partial charge in [0.2, 0.25) is 0 Å². The summed E-state index contributed by atoms with van der Waals surface area (Å²) in [4.78, 5) is 11.2. The highest BCUT2D eigenvalue weighted by atomic mass is 16.5. The Hall–Kier alpha value is -1.75. The fourth-order valence-corrected chi connectivity index (χ4v) is 2.99. The van der Waals surface area contributed by atoms with E-state index in [0.29, 0.717) is 6.04 Å². The van der Waals surface area contributed by atoms with Crippen LogP contribution in [0.4, 0.5) is 11.4 Å². The van der Waals surface area contributed by atoms with Crippen LogP contribution in [0.2, 0.25) is 0 Å². The van der Waals surface area contributed by atoms with Gasteiger partial charge in [-0.3, -0.25) is 4.79 Å². The van der Waals surface area contributed by atoms with Gasteiger partial charge >= 0.3 is 0 Å². The molecule has 1 unspecified atom stereocenters. The van der Waals surface area contributed by atoms with Gasteiger partial charge in [-0.1, -0.05) is 0 Å². The van der Waals surface area contributed by atoms with Crippen LogP contribution in [0.3, 0.4) is 0 Å². The van der Waals surface area contributed by atoms with Crippen LogP contribution in [0.25, 0.3) is 0 Å². The number of hydrogen-bond acceptors (Lipinski definition) is 4. The second-order valence-electron chi connectivity index (χ2n) is 5.88. The van der Waals surface area contributed by atoms with E-state index in [0.717, 1.165) is 55.5 Å². The van der Waals surface area contributed by atoms with E-state index >= 15 is 0 Å². The summed E-state index contributed by atoms with van der Waals surface area (Å²) in [5.74, 6) is 1.38. The number of nitrogens with one attached hydrogen (secondary N) is 2. The molecule has 21 heavy (non-hydrogen) atoms. The van der Waals surface area contributed by atoms with E-state index in [-0.39, 0.29) is 12.5 Å². The van der Waals surface area contributed by atoms with Gasteiger partial charge in [0.15, 0.2) is 6.61 Å². The van der Waals surface area contributed by atoms with Gasteiger partial charge in [0, 0.05) is 31.0 Å². The molecule has 2 heterocycles. The molecule has 1 amide bonds. The van der Waals surface area contributed by atoms with Crippen LogP contribution in [0.1, 0.15) is 26.2 Å². The Morgan fingerprint density at radius 3 is 3.00 bits per heavy atom. The molecule has 2 aliphatic heterocycles. The predicted molar refractivity (Wildman–Crippen MR) is 81.8 cm³/mol. The minimum Gasteiger partial charge on any atom is -0.482 e. The minimum absolute atomic E-state index is 0.0914. The fourth-order valence-electron chi connectivity index (χ4n) is 2.99. The Kier molecular flexibility index (Phi) is 4.29. The first-order chi connectivity index (χ1) is 10.2. The molecule has 1 aromatic carbocycles. The second kappa shape index (κ2) is 6.35. The van der Waals surface area contributed by atoms with E-state index in [1.807, 2.05) is 18.2 Å². The average Bonchev–Trinajstić information content (AvgIpc) is 2.48. The number of ether oxygens (including phenoxy) is 2. The number of anilines is 2. The van der Waals surface area contributed by atoms with Crippen molar-refractivity contribution in [1.29, 1.82) is 0 Å². The van der Waals surface area contributed by atoms with Crippen LogP contribution in [0.5, 0.6) is 5.75 Å². The lowest BCUT2D eigenvalue weighted by atomic mass is 9.93. The van der Waals surface area contributed by atoms with Gasteiger partial charge < -0.3 is 20.1 Å². The smallest absolute Gasteiger partial charge is 0.262 e. The van der Waals surface area contributed by atoms with Crippen LogP contribution in [0, 0.1) is 5.92 Å². The van der Waals surface area contributed by atoms with Gasteiger partial charge in [-0.05, 0) is 44.2 Å². The maximum absolute atomic E-state index is 11.2. The Morgan fingerprint density at radius 1 is 1.38 bits per heavy atom. The summed E-state index contributed by atoms with van der Waals surface area (Å²) >= 11 is 0. The first-order valence-corrected chi connectivity index (χ1v) is 7.61. The van der Waals surface area contributed by atoms with Crippen molar-refractivity contribution >= 4 is 17.3 Å². The van der Waals surface area contributed by atoms with Crippen LogP contribution >= 0.6 is 0 Å². The molecule has 0 bridgehead atoms. The summed E-state index contributed by atoms with van der Waals surface area (Å²) in [6.45, 7) is 4.08. The van der Waals surface area contributed by atoms with Gasteiger partial charge in [0.05, 0.1) is 5.69 Å². The molecule has 0 radical (unpaired) electrons. The number of carbonyl (C=O) groups excluding carboxylic acids is 1. The molecule has 5 heteroatoms. The van der Waals surface area contributed by atoms with Crippen LogP contribution in [0.15, 0.2) is 18.2 Å². The standard InChI is InChI=1S/C16H22N2O3/c1-11(8-12-4-6-20-7-5-12)17-13-2-3-14-15(9-13)21-10-16(19)18-14/h2-3,9,11-12,17H,4-8,10H2,1H3,(H,18,19). The summed E-state index contributed by atoms with van der Waals surface area (Å²) in [6, 6.07) is 6.23. The summed E-state index contributed by atoms with van der Waals surface area (Å²) < 4.78 is 10.8. The van der Waals surface area contributed by atoms with E-state index in [1.165, 1.54) is 0 Å². The van der Waals surface area contributed by atoms with Crippen molar-refractivity contribution in [3.63, 3.8) is 0 Å². The van der Waals surface area contributed by atoms with E-state index in [9.17, 15) is 4.79 Å². The summed E-state index contributed by atoms with van der Waals surface area (Å²) in [7, 11) is 0. The van der Waals surface area contributed by atoms with Gasteiger partial charge in [0.1, 0.15) is 5.75 Å². The molecule has 2 N–H and O–H groups in total. The molecule has 0 spiro atoms. The molecule has 5 nitrogen and oxygen atoms in total. The van der Waals surface area contributed by atoms with Gasteiger partial charge in [-0.15, -0.1) is 0 Å². The summed E-state index contributed by atoms with van der Waals surface area (Å²) in [6.07, 6.45) is 3.47. The van der Waals surface area contributed by atoms with Crippen LogP contribution in [-0.2, 0) is 9.53 Å². The van der Waals surface area contributed by atoms with Crippen molar-refractivity contribution in [1.82, 2.24) is 0 Å². The van der Waals surface area contributed by atoms with Crippen molar-refractivity contribution in [3.8, 4) is 5.75 Å². The van der Waals surface area contributed by atoms with Crippen molar-refractivity contribution in [3.05, 3.63) is 18.2 Å². The summed E-state index contributed by atoms with van der Waals surface area (Å²) in [5, 5.41) is 6.32. The number of rotatable bonds is 4. The zero-order chi connectivity index (χ0) is 14.7. The molecule has 1 aromatic rings. The van der Waals surface area contributed by atoms with Crippen LogP contribution < -0.4 is 15.4 Å². The van der Waals surface area contributed by atoms with Crippen molar-refractivity contribution in [2.75, 3.05) is 30.5 Å². The topological polar surface area (TPSA) is 59.6 Å². The molecule has 1 fully saturated rings. The molecule has 2 aliphatic rings. The predicted octanol–water partition coefficient (Wildman–Crippen LogP) is 2.63. The Balaban J connectivity index is 1.58. The van der Waals surface area contributed by atoms with E-state index in [1.54, 1.807) is 0 Å². The molecule has 1 saturated heterocycles. The molecule has 3 rings (SSSR count). The first kappa shape index (κ1) is 14.2. The lowest BCUT2D eigenvalue weighted by molar-refractivity contribution is -0.118. The lowest BCUT2D eigenvalue weighted by Crippen LogP contribution is -2.26. The monoisotopic (exact) mass is 290 g/mol. The molecular formula is C16H22N2O3. The van der Waals surface area contributed by atoms with Gasteiger partial charge in [-0.2, -0.15) is 0 Å². The number of amides is 1. The SMILES string of the molecule is CC(CC1CCOCC1)Nc1ccc2c(c1)OCC(=O)N2. The largest absolute Gasteiger partial charge is 0.482 e. The fraction of sp³-hybridized carbons (Fsp3) is 0.562. The highest BCUT2D eigenvalue weighted by molar-refractivity contribution is 5.95. The van der Waals surface area contributed by atoms with E-state index < -0.39 is 0 Å². The number of hydrogen-bond donors (Lipinski definition) is 2. The quantitative estimate of drug-likeness (QED) is 0.895. The number of benzene rings is 1. The Bertz CT molecular complexity index is 512. The lowest BCUT2D eigenvalue weighted by Gasteiger charge is -2.26. The Labute approximate surface area is 125 Å². The van der Waals surface area contributed by atoms with Gasteiger partial charge in [-0.25, -0.2) is 0 Å². The maximum atomic E-state index is 11.2. The maximum Gasteiger partial charge on any atom is 0.262 e. The van der Waals surface area contributed by atoms with Crippen molar-refractivity contribution in [2.24, 2.45) is 5.92 Å². The highest BCUT2D eigenvalue weighted by Gasteiger charge is 2.18. The Morgan fingerprint density at radius 2 is 2.19 bits per heavy atom. The normalized spacial score (nSPS) is 20.1. The minimum atomic E-state index is -0.101. The van der Waals surface area contributed by atoms with Crippen molar-refractivity contribution in [2.45, 2.75) is 32.2 Å². The molecule has 0 aliphatic carbocycles. The third kappa shape index (κ3) is 3.67. The average molecular weight is 290 g/mol. The zero-order valence-corrected chi connectivity index (χ0v) is 12.4. The second-order valence-corrected chi connectivity index (χ2v) is 5.88. The molecular weight excluding hydrogens is 268 g/mol. The van der Waals surface area contributed by atoms with Crippen molar-refractivity contribution < 1.29 is 14.3 Å². The highest BCUT2D eigenvalue weighted by Crippen LogP contribution is 2.31. The van der Waals surface area contributed by atoms with Crippen LogP contribution in [-0.4, -0.2) is 31.8 Å². The van der Waals surface area contributed by atoms with Gasteiger partial charge in [0.25, 0.3) is 5.91 Å². The molecule has 114 valence electrons. The zero-order valence-electron chi connectivity index (χ0n) is 12.4. The molecule has 0 aromatic heterocycles. The number of fused-ring (bicyclic) bond motifs is 1. The first-order valence-electron chi connectivity index (χ1n) is 7.61. The number of carbonyl (C=O) groups is 1. The third-order valence-corrected chi connectivity index (χ3v) is 4.06. The van der Waals surface area contributed by atoms with E-state index in [2.05, 4.69) is 17.6 Å². The summed E-state index contributed by atoms with van der Waals surface area (Å²) in [5.41, 5.74) is 1.78.